The van der Waals surface area contributed by atoms with Crippen molar-refractivity contribution in [1.82, 2.24) is 4.98 Å². The number of thiazole rings is 1. The highest BCUT2D eigenvalue weighted by Crippen LogP contribution is 2.38. The van der Waals surface area contributed by atoms with Crippen LogP contribution in [0, 0.1) is 0 Å². The molecule has 0 atom stereocenters. The fourth-order valence-corrected chi connectivity index (χ4v) is 4.28. The number of carbonyl (C=O) groups is 1. The molecule has 6 nitrogen and oxygen atoms in total. The molecule has 0 radical (unpaired) electrons. The van der Waals surface area contributed by atoms with E-state index in [0.717, 1.165) is 15.8 Å². The van der Waals surface area contributed by atoms with Gasteiger partial charge in [-0.3, -0.25) is 4.79 Å². The first-order valence-electron chi connectivity index (χ1n) is 9.87. The van der Waals surface area contributed by atoms with E-state index in [1.165, 1.54) is 17.4 Å². The molecule has 0 aliphatic rings. The van der Waals surface area contributed by atoms with Crippen LogP contribution < -0.4 is 19.1 Å². The number of amides is 1. The van der Waals surface area contributed by atoms with Gasteiger partial charge in [0.1, 0.15) is 17.2 Å². The second-order valence-corrected chi connectivity index (χ2v) is 7.76. The van der Waals surface area contributed by atoms with Gasteiger partial charge in [0.05, 0.1) is 37.2 Å². The summed E-state index contributed by atoms with van der Waals surface area (Å²) in [5.74, 6) is 1.62. The summed E-state index contributed by atoms with van der Waals surface area (Å²) in [6.07, 6.45) is 3.20. The average Bonchev–Trinajstić information content (AvgIpc) is 3.26. The van der Waals surface area contributed by atoms with Crippen LogP contribution in [0.15, 0.2) is 72.8 Å². The molecule has 0 saturated heterocycles. The largest absolute Gasteiger partial charge is 0.497 e. The Bertz CT molecular complexity index is 1250. The zero-order valence-corrected chi connectivity index (χ0v) is 18.8. The standard InChI is InChI=1S/C25H22N2O4S/c1-29-18-13-14-21(30-2)17(16-18)12-15-24(28)27(20-9-5-6-10-22(20)31-3)25-26-19-8-4-7-11-23(19)32-25/h4-16H,1-3H3/b15-12+. The van der Waals surface area contributed by atoms with Crippen molar-refractivity contribution in [3.63, 3.8) is 0 Å². The lowest BCUT2D eigenvalue weighted by Crippen LogP contribution is -2.24. The maximum atomic E-state index is 13.5. The van der Waals surface area contributed by atoms with E-state index in [1.54, 1.807) is 44.4 Å². The summed E-state index contributed by atoms with van der Waals surface area (Å²) in [4.78, 5) is 19.7. The van der Waals surface area contributed by atoms with Crippen LogP contribution in [0.4, 0.5) is 10.8 Å². The summed E-state index contributed by atoms with van der Waals surface area (Å²) < 4.78 is 17.2. The molecule has 0 saturated carbocycles. The van der Waals surface area contributed by atoms with E-state index < -0.39 is 0 Å². The van der Waals surface area contributed by atoms with Gasteiger partial charge in [0.15, 0.2) is 5.13 Å². The number of ether oxygens (including phenoxy) is 3. The van der Waals surface area contributed by atoms with Gasteiger partial charge in [-0.2, -0.15) is 0 Å². The van der Waals surface area contributed by atoms with Crippen molar-refractivity contribution in [3.8, 4) is 17.2 Å². The highest BCUT2D eigenvalue weighted by Gasteiger charge is 2.23. The molecule has 7 heteroatoms. The molecule has 0 N–H and O–H groups in total. The number of rotatable bonds is 7. The van der Waals surface area contributed by atoms with E-state index in [-0.39, 0.29) is 5.91 Å². The van der Waals surface area contributed by atoms with Gasteiger partial charge >= 0.3 is 0 Å². The second-order valence-electron chi connectivity index (χ2n) is 6.75. The Labute approximate surface area is 190 Å². The van der Waals surface area contributed by atoms with Crippen molar-refractivity contribution < 1.29 is 19.0 Å². The monoisotopic (exact) mass is 446 g/mol. The minimum atomic E-state index is -0.265. The number of benzene rings is 3. The number of anilines is 2. The number of nitrogens with zero attached hydrogens (tertiary/aromatic N) is 2. The van der Waals surface area contributed by atoms with Gasteiger partial charge in [0.25, 0.3) is 5.91 Å². The van der Waals surface area contributed by atoms with E-state index in [0.29, 0.717) is 28.1 Å². The van der Waals surface area contributed by atoms with Crippen LogP contribution in [0.5, 0.6) is 17.2 Å². The Morgan fingerprint density at radius 2 is 1.66 bits per heavy atom. The molecule has 4 rings (SSSR count). The molecule has 0 fully saturated rings. The third-order valence-electron chi connectivity index (χ3n) is 4.86. The van der Waals surface area contributed by atoms with Gasteiger partial charge in [-0.1, -0.05) is 35.6 Å². The zero-order chi connectivity index (χ0) is 22.5. The number of fused-ring (bicyclic) bond motifs is 1. The molecule has 1 heterocycles. The Morgan fingerprint density at radius 1 is 0.906 bits per heavy atom. The van der Waals surface area contributed by atoms with E-state index in [9.17, 15) is 4.79 Å². The van der Waals surface area contributed by atoms with Crippen molar-refractivity contribution in [2.45, 2.75) is 0 Å². The summed E-state index contributed by atoms with van der Waals surface area (Å²) in [7, 11) is 4.76. The lowest BCUT2D eigenvalue weighted by molar-refractivity contribution is -0.113. The predicted molar refractivity (Wildman–Crippen MR) is 128 cm³/mol. The van der Waals surface area contributed by atoms with E-state index in [1.807, 2.05) is 54.6 Å². The van der Waals surface area contributed by atoms with Crippen LogP contribution in [0.3, 0.4) is 0 Å². The van der Waals surface area contributed by atoms with E-state index in [4.69, 9.17) is 19.2 Å². The first kappa shape index (κ1) is 21.4. The number of hydrogen-bond donors (Lipinski definition) is 0. The van der Waals surface area contributed by atoms with Crippen molar-refractivity contribution in [2.75, 3.05) is 26.2 Å². The highest BCUT2D eigenvalue weighted by molar-refractivity contribution is 7.22. The Morgan fingerprint density at radius 3 is 2.41 bits per heavy atom. The van der Waals surface area contributed by atoms with Crippen molar-refractivity contribution in [3.05, 3.63) is 78.4 Å². The number of hydrogen-bond acceptors (Lipinski definition) is 6. The van der Waals surface area contributed by atoms with Crippen molar-refractivity contribution >= 4 is 44.4 Å². The molecule has 0 aliphatic carbocycles. The zero-order valence-electron chi connectivity index (χ0n) is 17.9. The first-order valence-corrected chi connectivity index (χ1v) is 10.7. The van der Waals surface area contributed by atoms with Crippen LogP contribution in [-0.4, -0.2) is 32.2 Å². The van der Waals surface area contributed by atoms with Gasteiger partial charge in [-0.25, -0.2) is 9.88 Å². The number of methoxy groups -OCH3 is 3. The van der Waals surface area contributed by atoms with Crippen LogP contribution in [0.1, 0.15) is 5.56 Å². The lowest BCUT2D eigenvalue weighted by Gasteiger charge is -2.20. The van der Waals surface area contributed by atoms with Gasteiger partial charge in [-0.15, -0.1) is 0 Å². The fraction of sp³-hybridized carbons (Fsp3) is 0.120. The van der Waals surface area contributed by atoms with Crippen LogP contribution in [0.25, 0.3) is 16.3 Å². The second kappa shape index (κ2) is 9.53. The van der Waals surface area contributed by atoms with Gasteiger partial charge in [0, 0.05) is 11.6 Å². The molecule has 4 aromatic rings. The first-order chi connectivity index (χ1) is 15.6. The Kier molecular flexibility index (Phi) is 6.37. The Hall–Kier alpha value is -3.84. The fourth-order valence-electron chi connectivity index (χ4n) is 3.29. The highest BCUT2D eigenvalue weighted by atomic mass is 32.1. The third kappa shape index (κ3) is 4.29. The SMILES string of the molecule is COc1ccc(OC)c(/C=C/C(=O)N(c2nc3ccccc3s2)c2ccccc2OC)c1. The van der Waals surface area contributed by atoms with Crippen LogP contribution in [0.2, 0.25) is 0 Å². The molecular weight excluding hydrogens is 424 g/mol. The molecule has 0 aliphatic heterocycles. The van der Waals surface area contributed by atoms with Crippen LogP contribution in [-0.2, 0) is 4.79 Å². The van der Waals surface area contributed by atoms with E-state index >= 15 is 0 Å². The molecule has 0 bridgehead atoms. The summed E-state index contributed by atoms with van der Waals surface area (Å²) in [6, 6.07) is 20.6. The van der Waals surface area contributed by atoms with Gasteiger partial charge in [-0.05, 0) is 48.5 Å². The maximum absolute atomic E-state index is 13.5. The minimum Gasteiger partial charge on any atom is -0.497 e. The summed E-state index contributed by atoms with van der Waals surface area (Å²) >= 11 is 1.44. The molecule has 32 heavy (non-hydrogen) atoms. The predicted octanol–water partition coefficient (Wildman–Crippen LogP) is 5.70. The summed E-state index contributed by atoms with van der Waals surface area (Å²) in [5.41, 5.74) is 2.17. The molecular formula is C25H22N2O4S. The topological polar surface area (TPSA) is 60.9 Å². The van der Waals surface area contributed by atoms with E-state index in [2.05, 4.69) is 0 Å². The molecule has 0 spiro atoms. The van der Waals surface area contributed by atoms with Crippen LogP contribution >= 0.6 is 11.3 Å². The maximum Gasteiger partial charge on any atom is 0.257 e. The summed E-state index contributed by atoms with van der Waals surface area (Å²) in [6.45, 7) is 0. The number of aromatic nitrogens is 1. The normalized spacial score (nSPS) is 11.0. The molecule has 1 amide bonds. The average molecular weight is 447 g/mol. The van der Waals surface area contributed by atoms with Crippen molar-refractivity contribution in [1.29, 1.82) is 0 Å². The Balaban J connectivity index is 1.78. The third-order valence-corrected chi connectivity index (χ3v) is 5.88. The van der Waals surface area contributed by atoms with Crippen molar-refractivity contribution in [2.24, 2.45) is 0 Å². The lowest BCUT2D eigenvalue weighted by atomic mass is 10.1. The smallest absolute Gasteiger partial charge is 0.257 e. The number of carbonyl (C=O) groups excluding carboxylic acids is 1. The molecule has 0 unspecified atom stereocenters. The summed E-state index contributed by atoms with van der Waals surface area (Å²) in [5, 5.41) is 0.558. The quantitative estimate of drug-likeness (QED) is 0.341. The molecule has 1 aromatic heterocycles. The minimum absolute atomic E-state index is 0.265. The van der Waals surface area contributed by atoms with Gasteiger partial charge < -0.3 is 14.2 Å². The molecule has 162 valence electrons. The number of para-hydroxylation sites is 3. The van der Waals surface area contributed by atoms with Gasteiger partial charge in [0.2, 0.25) is 0 Å². The molecule has 3 aromatic carbocycles.